The summed E-state index contributed by atoms with van der Waals surface area (Å²) < 4.78 is 0. The number of hydrogen-bond donors (Lipinski definition) is 1. The van der Waals surface area contributed by atoms with E-state index in [0.29, 0.717) is 5.88 Å². The van der Waals surface area contributed by atoms with Crippen molar-refractivity contribution in [3.05, 3.63) is 34.9 Å². The van der Waals surface area contributed by atoms with Crippen LogP contribution < -0.4 is 0 Å². The number of carboxylic acid groups (broad SMARTS) is 1. The summed E-state index contributed by atoms with van der Waals surface area (Å²) in [6, 6.07) is 5.95. The van der Waals surface area contributed by atoms with Gasteiger partial charge in [0.1, 0.15) is 0 Å². The minimum Gasteiger partial charge on any atom is -0.481 e. The Morgan fingerprint density at radius 3 is 2.60 bits per heavy atom. The molecule has 0 saturated heterocycles. The van der Waals surface area contributed by atoms with Gasteiger partial charge in [0, 0.05) is 5.88 Å². The molecule has 0 atom stereocenters. The predicted octanol–water partition coefficient (Wildman–Crippen LogP) is 2.79. The first-order valence-electron chi connectivity index (χ1n) is 4.99. The Kier molecular flexibility index (Phi) is 4.63. The lowest BCUT2D eigenvalue weighted by Gasteiger charge is -2.05. The van der Waals surface area contributed by atoms with Crippen LogP contribution in [0.1, 0.15) is 23.1 Å². The summed E-state index contributed by atoms with van der Waals surface area (Å²) in [5.74, 6) is -0.147. The van der Waals surface area contributed by atoms with E-state index in [2.05, 4.69) is 6.07 Å². The fourth-order valence-electron chi connectivity index (χ4n) is 1.64. The van der Waals surface area contributed by atoms with Crippen LogP contribution >= 0.6 is 11.6 Å². The molecule has 1 N–H and O–H groups in total. The third-order valence-corrected chi connectivity index (χ3v) is 2.42. The highest BCUT2D eigenvalue weighted by Gasteiger charge is 2.03. The Hall–Kier alpha value is -1.02. The van der Waals surface area contributed by atoms with E-state index in [9.17, 15) is 4.79 Å². The molecule has 2 nitrogen and oxygen atoms in total. The number of alkyl halides is 1. The summed E-state index contributed by atoms with van der Waals surface area (Å²) in [6.07, 6.45) is 1.94. The number of carbonyl (C=O) groups is 1. The minimum absolute atomic E-state index is 0.0928. The minimum atomic E-state index is -0.788. The molecule has 15 heavy (non-hydrogen) atoms. The molecule has 0 amide bonds. The molecule has 0 unspecified atom stereocenters. The van der Waals surface area contributed by atoms with Crippen LogP contribution in [-0.2, 0) is 17.6 Å². The molecule has 0 aromatic heterocycles. The Bertz CT molecular complexity index is 347. The zero-order valence-corrected chi connectivity index (χ0v) is 9.55. The lowest BCUT2D eigenvalue weighted by atomic mass is 10.0. The van der Waals surface area contributed by atoms with E-state index in [1.165, 1.54) is 5.56 Å². The summed E-state index contributed by atoms with van der Waals surface area (Å²) in [7, 11) is 0. The number of halogens is 1. The molecule has 0 fully saturated rings. The Morgan fingerprint density at radius 1 is 1.33 bits per heavy atom. The van der Waals surface area contributed by atoms with Gasteiger partial charge < -0.3 is 5.11 Å². The maximum Gasteiger partial charge on any atom is 0.307 e. The third kappa shape index (κ3) is 4.34. The van der Waals surface area contributed by atoms with Gasteiger partial charge in [-0.3, -0.25) is 4.79 Å². The number of rotatable bonds is 5. The van der Waals surface area contributed by atoms with Gasteiger partial charge in [0.05, 0.1) is 6.42 Å². The van der Waals surface area contributed by atoms with Crippen molar-refractivity contribution >= 4 is 17.6 Å². The van der Waals surface area contributed by atoms with Crippen LogP contribution in [0.3, 0.4) is 0 Å². The fourth-order valence-corrected chi connectivity index (χ4v) is 1.77. The number of aliphatic carboxylic acids is 1. The lowest BCUT2D eigenvalue weighted by Crippen LogP contribution is -2.01. The normalized spacial score (nSPS) is 10.3. The molecule has 1 rings (SSSR count). The van der Waals surface area contributed by atoms with Crippen LogP contribution in [0.15, 0.2) is 18.2 Å². The van der Waals surface area contributed by atoms with Crippen LogP contribution in [-0.4, -0.2) is 17.0 Å². The van der Waals surface area contributed by atoms with Crippen molar-refractivity contribution in [1.29, 1.82) is 0 Å². The second-order valence-corrected chi connectivity index (χ2v) is 4.07. The maximum absolute atomic E-state index is 10.6. The van der Waals surface area contributed by atoms with Crippen LogP contribution in [0.2, 0.25) is 0 Å². The molecule has 0 aliphatic heterocycles. The first-order chi connectivity index (χ1) is 7.11. The second-order valence-electron chi connectivity index (χ2n) is 3.69. The zero-order valence-electron chi connectivity index (χ0n) is 8.79. The van der Waals surface area contributed by atoms with Crippen LogP contribution in [0.25, 0.3) is 0 Å². The van der Waals surface area contributed by atoms with Crippen molar-refractivity contribution in [3.63, 3.8) is 0 Å². The maximum atomic E-state index is 10.6. The van der Waals surface area contributed by atoms with Crippen molar-refractivity contribution in [3.8, 4) is 0 Å². The Labute approximate surface area is 94.9 Å². The average molecular weight is 227 g/mol. The summed E-state index contributed by atoms with van der Waals surface area (Å²) in [5, 5.41) is 8.70. The predicted molar refractivity (Wildman–Crippen MR) is 61.6 cm³/mol. The molecule has 0 aliphatic rings. The van der Waals surface area contributed by atoms with Gasteiger partial charge in [-0.05, 0) is 30.9 Å². The van der Waals surface area contributed by atoms with E-state index < -0.39 is 5.97 Å². The molecule has 0 aliphatic carbocycles. The summed E-state index contributed by atoms with van der Waals surface area (Å²) in [6.45, 7) is 1.98. The molecule has 1 aromatic carbocycles. The fraction of sp³-hybridized carbons (Fsp3) is 0.417. The molecule has 0 spiro atoms. The molecule has 0 radical (unpaired) electrons. The van der Waals surface area contributed by atoms with Crippen molar-refractivity contribution in [2.24, 2.45) is 0 Å². The molecular weight excluding hydrogens is 212 g/mol. The summed E-state index contributed by atoms with van der Waals surface area (Å²) in [4.78, 5) is 10.6. The van der Waals surface area contributed by atoms with Crippen molar-refractivity contribution in [1.82, 2.24) is 0 Å². The Balaban J connectivity index is 2.79. The smallest absolute Gasteiger partial charge is 0.307 e. The lowest BCUT2D eigenvalue weighted by molar-refractivity contribution is -0.136. The standard InChI is InChI=1S/C12H15ClO2/c1-9-5-10(3-2-4-13)7-11(6-9)8-12(14)15/h5-7H,2-4,8H2,1H3,(H,14,15). The van der Waals surface area contributed by atoms with Gasteiger partial charge in [-0.2, -0.15) is 0 Å². The molecule has 0 bridgehead atoms. The van der Waals surface area contributed by atoms with E-state index >= 15 is 0 Å². The SMILES string of the molecule is Cc1cc(CCCCl)cc(CC(=O)O)c1. The highest BCUT2D eigenvalue weighted by atomic mass is 35.5. The average Bonchev–Trinajstić information content (AvgIpc) is 2.12. The third-order valence-electron chi connectivity index (χ3n) is 2.15. The molecule has 1 aromatic rings. The van der Waals surface area contributed by atoms with E-state index in [1.807, 2.05) is 19.1 Å². The molecule has 3 heteroatoms. The van der Waals surface area contributed by atoms with Crippen molar-refractivity contribution < 1.29 is 9.90 Å². The highest BCUT2D eigenvalue weighted by molar-refractivity contribution is 6.17. The van der Waals surface area contributed by atoms with Crippen molar-refractivity contribution in [2.45, 2.75) is 26.2 Å². The Morgan fingerprint density at radius 2 is 2.00 bits per heavy atom. The second kappa shape index (κ2) is 5.76. The molecule has 0 heterocycles. The largest absolute Gasteiger partial charge is 0.481 e. The van der Waals surface area contributed by atoms with Gasteiger partial charge in [-0.1, -0.05) is 23.8 Å². The van der Waals surface area contributed by atoms with Gasteiger partial charge in [-0.25, -0.2) is 0 Å². The van der Waals surface area contributed by atoms with E-state index in [4.69, 9.17) is 16.7 Å². The van der Waals surface area contributed by atoms with Gasteiger partial charge in [0.2, 0.25) is 0 Å². The first kappa shape index (κ1) is 12.1. The van der Waals surface area contributed by atoms with Gasteiger partial charge >= 0.3 is 5.97 Å². The number of aryl methyl sites for hydroxylation is 2. The van der Waals surface area contributed by atoms with Gasteiger partial charge in [0.25, 0.3) is 0 Å². The van der Waals surface area contributed by atoms with Gasteiger partial charge in [-0.15, -0.1) is 11.6 Å². The molecule has 82 valence electrons. The highest BCUT2D eigenvalue weighted by Crippen LogP contribution is 2.12. The van der Waals surface area contributed by atoms with E-state index in [-0.39, 0.29) is 6.42 Å². The quantitative estimate of drug-likeness (QED) is 0.784. The number of hydrogen-bond acceptors (Lipinski definition) is 1. The van der Waals surface area contributed by atoms with Crippen molar-refractivity contribution in [2.75, 3.05) is 5.88 Å². The summed E-state index contributed by atoms with van der Waals surface area (Å²) >= 11 is 5.62. The van der Waals surface area contributed by atoms with Crippen LogP contribution in [0.4, 0.5) is 0 Å². The topological polar surface area (TPSA) is 37.3 Å². The van der Waals surface area contributed by atoms with Crippen LogP contribution in [0, 0.1) is 6.92 Å². The van der Waals surface area contributed by atoms with E-state index in [0.717, 1.165) is 24.0 Å². The summed E-state index contributed by atoms with van der Waals surface area (Å²) in [5.41, 5.74) is 3.15. The van der Waals surface area contributed by atoms with Crippen LogP contribution in [0.5, 0.6) is 0 Å². The number of benzene rings is 1. The zero-order chi connectivity index (χ0) is 11.3. The first-order valence-corrected chi connectivity index (χ1v) is 5.52. The van der Waals surface area contributed by atoms with E-state index in [1.54, 1.807) is 0 Å². The molecule has 0 saturated carbocycles. The number of carboxylic acids is 1. The monoisotopic (exact) mass is 226 g/mol. The van der Waals surface area contributed by atoms with Gasteiger partial charge in [0.15, 0.2) is 0 Å². The molecular formula is C12H15ClO2.